The molecule has 0 saturated carbocycles. The Labute approximate surface area is 147 Å². The van der Waals surface area contributed by atoms with Crippen molar-refractivity contribution in [3.63, 3.8) is 0 Å². The van der Waals surface area contributed by atoms with Crippen LogP contribution in [0.3, 0.4) is 0 Å². The second kappa shape index (κ2) is 6.49. The second-order valence-electron chi connectivity index (χ2n) is 4.99. The normalized spacial score (nSPS) is 11.2. The smallest absolute Gasteiger partial charge is 0.291 e. The van der Waals surface area contributed by atoms with Gasteiger partial charge in [-0.2, -0.15) is 0 Å². The minimum Gasteiger partial charge on any atom is -0.399 e. The SMILES string of the molecule is Nc1ccc(S(=O)(=O)Nc2nc(-c3ccccc3)cs2)c([N+](=O)[O-])c1. The Hall–Kier alpha value is -2.98. The fourth-order valence-electron chi connectivity index (χ4n) is 2.14. The van der Waals surface area contributed by atoms with Gasteiger partial charge in [-0.25, -0.2) is 13.4 Å². The van der Waals surface area contributed by atoms with Gasteiger partial charge in [0.1, 0.15) is 0 Å². The first-order valence-corrected chi connectivity index (χ1v) is 9.31. The van der Waals surface area contributed by atoms with Gasteiger partial charge in [-0.1, -0.05) is 30.3 Å². The van der Waals surface area contributed by atoms with E-state index in [4.69, 9.17) is 5.73 Å². The Morgan fingerprint density at radius 2 is 1.88 bits per heavy atom. The van der Waals surface area contributed by atoms with E-state index in [1.54, 1.807) is 5.38 Å². The number of nitrogens with two attached hydrogens (primary N) is 1. The maximum absolute atomic E-state index is 12.5. The second-order valence-corrected chi connectivity index (χ2v) is 7.50. The number of nitrogen functional groups attached to an aromatic ring is 1. The quantitative estimate of drug-likeness (QED) is 0.400. The highest BCUT2D eigenvalue weighted by Gasteiger charge is 2.27. The fourth-order valence-corrected chi connectivity index (χ4v) is 4.26. The van der Waals surface area contributed by atoms with Crippen molar-refractivity contribution in [2.45, 2.75) is 4.90 Å². The number of nitrogens with zero attached hydrogens (tertiary/aromatic N) is 2. The average molecular weight is 376 g/mol. The molecule has 8 nitrogen and oxygen atoms in total. The van der Waals surface area contributed by atoms with Crippen LogP contribution >= 0.6 is 11.3 Å². The van der Waals surface area contributed by atoms with Crippen molar-refractivity contribution in [2.75, 3.05) is 10.5 Å². The van der Waals surface area contributed by atoms with Gasteiger partial charge >= 0.3 is 0 Å². The molecule has 0 aliphatic carbocycles. The molecule has 0 radical (unpaired) electrons. The molecule has 0 saturated heterocycles. The van der Waals surface area contributed by atoms with Crippen LogP contribution in [-0.2, 0) is 10.0 Å². The zero-order chi connectivity index (χ0) is 18.0. The number of aromatic nitrogens is 1. The Balaban J connectivity index is 1.93. The van der Waals surface area contributed by atoms with E-state index >= 15 is 0 Å². The maximum atomic E-state index is 12.5. The predicted octanol–water partition coefficient (Wildman–Crippen LogP) is 3.10. The molecule has 0 amide bonds. The number of sulfonamides is 1. The summed E-state index contributed by atoms with van der Waals surface area (Å²) in [5.74, 6) is 0. The lowest BCUT2D eigenvalue weighted by Crippen LogP contribution is -2.14. The number of nitro groups is 1. The molecule has 1 heterocycles. The van der Waals surface area contributed by atoms with Crippen LogP contribution in [0.4, 0.5) is 16.5 Å². The van der Waals surface area contributed by atoms with Crippen molar-refractivity contribution in [2.24, 2.45) is 0 Å². The minimum atomic E-state index is -4.17. The van der Waals surface area contributed by atoms with Gasteiger partial charge in [0.05, 0.1) is 10.6 Å². The first kappa shape index (κ1) is 16.9. The van der Waals surface area contributed by atoms with Gasteiger partial charge in [-0.3, -0.25) is 14.8 Å². The summed E-state index contributed by atoms with van der Waals surface area (Å²) in [5.41, 5.74) is 6.45. The summed E-state index contributed by atoms with van der Waals surface area (Å²) >= 11 is 1.09. The summed E-state index contributed by atoms with van der Waals surface area (Å²) < 4.78 is 27.3. The summed E-state index contributed by atoms with van der Waals surface area (Å²) in [7, 11) is -4.17. The zero-order valence-corrected chi connectivity index (χ0v) is 14.3. The lowest BCUT2D eigenvalue weighted by molar-refractivity contribution is -0.387. The highest BCUT2D eigenvalue weighted by atomic mass is 32.2. The van der Waals surface area contributed by atoms with Crippen molar-refractivity contribution in [1.29, 1.82) is 0 Å². The van der Waals surface area contributed by atoms with Crippen LogP contribution in [0, 0.1) is 10.1 Å². The maximum Gasteiger partial charge on any atom is 0.291 e. The van der Waals surface area contributed by atoms with Crippen LogP contribution in [0.1, 0.15) is 0 Å². The van der Waals surface area contributed by atoms with Crippen LogP contribution in [0.25, 0.3) is 11.3 Å². The van der Waals surface area contributed by atoms with Gasteiger partial charge in [0.2, 0.25) is 0 Å². The summed E-state index contributed by atoms with van der Waals surface area (Å²) in [6.07, 6.45) is 0. The van der Waals surface area contributed by atoms with E-state index < -0.39 is 25.5 Å². The number of hydrogen-bond acceptors (Lipinski definition) is 7. The Morgan fingerprint density at radius 1 is 1.16 bits per heavy atom. The van der Waals surface area contributed by atoms with Crippen LogP contribution in [-0.4, -0.2) is 18.3 Å². The van der Waals surface area contributed by atoms with Gasteiger partial charge in [-0.05, 0) is 12.1 Å². The number of hydrogen-bond donors (Lipinski definition) is 2. The predicted molar refractivity (Wildman–Crippen MR) is 95.9 cm³/mol. The van der Waals surface area contributed by atoms with E-state index in [9.17, 15) is 18.5 Å². The van der Waals surface area contributed by atoms with Crippen LogP contribution in [0.15, 0.2) is 58.8 Å². The third-order valence-corrected chi connectivity index (χ3v) is 5.54. The molecule has 3 aromatic rings. The lowest BCUT2D eigenvalue weighted by atomic mass is 10.2. The van der Waals surface area contributed by atoms with Crippen LogP contribution in [0.2, 0.25) is 0 Å². The molecule has 10 heteroatoms. The Bertz CT molecular complexity index is 1030. The summed E-state index contributed by atoms with van der Waals surface area (Å²) in [5, 5.41) is 12.9. The average Bonchev–Trinajstić information content (AvgIpc) is 3.03. The van der Waals surface area contributed by atoms with E-state index in [-0.39, 0.29) is 10.8 Å². The lowest BCUT2D eigenvalue weighted by Gasteiger charge is -2.06. The molecular weight excluding hydrogens is 364 g/mol. The zero-order valence-electron chi connectivity index (χ0n) is 12.6. The van der Waals surface area contributed by atoms with Crippen molar-refractivity contribution >= 4 is 37.9 Å². The van der Waals surface area contributed by atoms with Gasteiger partial charge in [-0.15, -0.1) is 11.3 Å². The standard InChI is InChI=1S/C15H12N4O4S2/c16-11-6-7-14(13(8-11)19(20)21)25(22,23)18-15-17-12(9-24-15)10-4-2-1-3-5-10/h1-9H,16H2,(H,17,18). The van der Waals surface area contributed by atoms with E-state index in [1.807, 2.05) is 30.3 Å². The van der Waals surface area contributed by atoms with Crippen molar-refractivity contribution in [3.8, 4) is 11.3 Å². The molecule has 25 heavy (non-hydrogen) atoms. The molecule has 0 atom stereocenters. The van der Waals surface area contributed by atoms with Gasteiger partial charge in [0, 0.05) is 22.7 Å². The molecule has 0 aliphatic heterocycles. The minimum absolute atomic E-state index is 0.103. The molecule has 1 aromatic heterocycles. The first-order chi connectivity index (χ1) is 11.9. The number of thiazole rings is 1. The topological polar surface area (TPSA) is 128 Å². The van der Waals surface area contributed by atoms with E-state index in [0.717, 1.165) is 29.0 Å². The summed E-state index contributed by atoms with van der Waals surface area (Å²) in [4.78, 5) is 14.1. The van der Waals surface area contributed by atoms with E-state index in [2.05, 4.69) is 9.71 Å². The number of rotatable bonds is 5. The monoisotopic (exact) mass is 376 g/mol. The van der Waals surface area contributed by atoms with Crippen LogP contribution < -0.4 is 10.5 Å². The van der Waals surface area contributed by atoms with Crippen molar-refractivity contribution in [1.82, 2.24) is 4.98 Å². The van der Waals surface area contributed by atoms with Gasteiger partial charge in [0.25, 0.3) is 15.7 Å². The highest BCUT2D eigenvalue weighted by molar-refractivity contribution is 7.93. The van der Waals surface area contributed by atoms with Crippen molar-refractivity contribution in [3.05, 3.63) is 64.0 Å². The number of nitro benzene ring substituents is 1. The Kier molecular flexibility index (Phi) is 4.38. The molecule has 3 rings (SSSR count). The van der Waals surface area contributed by atoms with E-state index in [0.29, 0.717) is 5.69 Å². The molecule has 3 N–H and O–H groups in total. The summed E-state index contributed by atoms with van der Waals surface area (Å²) in [6, 6.07) is 12.6. The highest BCUT2D eigenvalue weighted by Crippen LogP contribution is 2.30. The molecule has 0 unspecified atom stereocenters. The number of anilines is 2. The molecule has 0 spiro atoms. The number of nitrogens with one attached hydrogen (secondary N) is 1. The molecular formula is C15H12N4O4S2. The molecule has 2 aromatic carbocycles. The van der Waals surface area contributed by atoms with Gasteiger partial charge in [0.15, 0.2) is 10.0 Å². The molecule has 0 bridgehead atoms. The fraction of sp³-hybridized carbons (Fsp3) is 0. The third kappa shape index (κ3) is 3.59. The van der Waals surface area contributed by atoms with E-state index in [1.165, 1.54) is 6.07 Å². The summed E-state index contributed by atoms with van der Waals surface area (Å²) in [6.45, 7) is 0. The third-order valence-electron chi connectivity index (χ3n) is 3.26. The molecule has 128 valence electrons. The van der Waals surface area contributed by atoms with Crippen molar-refractivity contribution < 1.29 is 13.3 Å². The molecule has 0 aliphatic rings. The largest absolute Gasteiger partial charge is 0.399 e. The first-order valence-electron chi connectivity index (χ1n) is 6.94. The van der Waals surface area contributed by atoms with Crippen LogP contribution in [0.5, 0.6) is 0 Å². The Morgan fingerprint density at radius 3 is 2.56 bits per heavy atom. The number of benzene rings is 2. The molecule has 0 fully saturated rings. The van der Waals surface area contributed by atoms with Gasteiger partial charge < -0.3 is 5.73 Å².